The van der Waals surface area contributed by atoms with E-state index in [1.165, 1.54) is 4.90 Å². The lowest BCUT2D eigenvalue weighted by atomic mass is 10.0. The van der Waals surface area contributed by atoms with Gasteiger partial charge in [0.05, 0.1) is 0 Å². The Hall–Kier alpha value is -2.41. The molecule has 2 aliphatic heterocycles. The maximum Gasteiger partial charge on any atom is 0.326 e. The largest absolute Gasteiger partial charge is 0.480 e. The molecule has 0 saturated carbocycles. The third kappa shape index (κ3) is 5.07. The van der Waals surface area contributed by atoms with Crippen molar-refractivity contribution < 1.29 is 24.2 Å². The van der Waals surface area contributed by atoms with Gasteiger partial charge in [0.15, 0.2) is 0 Å². The zero-order valence-electron chi connectivity index (χ0n) is 15.4. The maximum atomic E-state index is 12.8. The minimum atomic E-state index is -0.969. The molecule has 3 rings (SSSR count). The molecule has 7 heteroatoms. The standard InChI is InChI=1S/C20H26N2O5/c23-18(8-7-14-9-11-27-13-14)21-16-5-3-4-15(12-16)19(24)22-10-2-1-6-17(22)20(25)26/h3-5,12,14,17H,1-2,6-11,13H2,(H,21,23)(H,25,26). The third-order valence-electron chi connectivity index (χ3n) is 5.25. The Morgan fingerprint density at radius 2 is 2.07 bits per heavy atom. The Bertz CT molecular complexity index is 699. The molecule has 2 aliphatic rings. The molecule has 2 fully saturated rings. The minimum Gasteiger partial charge on any atom is -0.480 e. The molecular weight excluding hydrogens is 348 g/mol. The number of benzene rings is 1. The average Bonchev–Trinajstić information content (AvgIpc) is 3.19. The van der Waals surface area contributed by atoms with Crippen LogP contribution in [0.4, 0.5) is 5.69 Å². The number of rotatable bonds is 6. The van der Waals surface area contributed by atoms with Crippen LogP contribution < -0.4 is 5.32 Å². The Morgan fingerprint density at radius 1 is 1.22 bits per heavy atom. The summed E-state index contributed by atoms with van der Waals surface area (Å²) in [7, 11) is 0. The summed E-state index contributed by atoms with van der Waals surface area (Å²) in [4.78, 5) is 37.8. The van der Waals surface area contributed by atoms with Gasteiger partial charge in [0.1, 0.15) is 6.04 Å². The van der Waals surface area contributed by atoms with Gasteiger partial charge in [-0.25, -0.2) is 4.79 Å². The van der Waals surface area contributed by atoms with Gasteiger partial charge in [0.2, 0.25) is 5.91 Å². The number of likely N-dealkylation sites (tertiary alicyclic amines) is 1. The number of hydrogen-bond acceptors (Lipinski definition) is 4. The summed E-state index contributed by atoms with van der Waals surface area (Å²) in [5.41, 5.74) is 0.947. The van der Waals surface area contributed by atoms with Crippen LogP contribution >= 0.6 is 0 Å². The van der Waals surface area contributed by atoms with Crippen molar-refractivity contribution in [2.24, 2.45) is 5.92 Å². The van der Waals surface area contributed by atoms with Crippen LogP contribution in [0.15, 0.2) is 24.3 Å². The van der Waals surface area contributed by atoms with Crippen LogP contribution in [0.2, 0.25) is 0 Å². The SMILES string of the molecule is O=C(CCC1CCOC1)Nc1cccc(C(=O)N2CCCCC2C(=O)O)c1. The number of hydrogen-bond donors (Lipinski definition) is 2. The van der Waals surface area contributed by atoms with E-state index in [0.29, 0.717) is 36.6 Å². The smallest absolute Gasteiger partial charge is 0.326 e. The van der Waals surface area contributed by atoms with Crippen molar-refractivity contribution in [2.45, 2.75) is 44.6 Å². The van der Waals surface area contributed by atoms with Crippen molar-refractivity contribution in [3.8, 4) is 0 Å². The van der Waals surface area contributed by atoms with Crippen LogP contribution in [-0.4, -0.2) is 53.6 Å². The van der Waals surface area contributed by atoms with Gasteiger partial charge in [-0.2, -0.15) is 0 Å². The highest BCUT2D eigenvalue weighted by molar-refractivity contribution is 5.99. The number of carbonyl (C=O) groups excluding carboxylic acids is 2. The summed E-state index contributed by atoms with van der Waals surface area (Å²) in [6.45, 7) is 1.93. The fourth-order valence-electron chi connectivity index (χ4n) is 3.70. The molecule has 0 aromatic heterocycles. The summed E-state index contributed by atoms with van der Waals surface area (Å²) in [5.74, 6) is -0.923. The topological polar surface area (TPSA) is 95.9 Å². The molecule has 0 aliphatic carbocycles. The molecule has 2 atom stereocenters. The second-order valence-corrected chi connectivity index (χ2v) is 7.25. The lowest BCUT2D eigenvalue weighted by Gasteiger charge is -2.33. The van der Waals surface area contributed by atoms with Gasteiger partial charge in [-0.3, -0.25) is 9.59 Å². The first kappa shape index (κ1) is 19.4. The van der Waals surface area contributed by atoms with Crippen LogP contribution in [0.5, 0.6) is 0 Å². The van der Waals surface area contributed by atoms with Crippen molar-refractivity contribution in [2.75, 3.05) is 25.1 Å². The second kappa shape index (κ2) is 8.99. The van der Waals surface area contributed by atoms with E-state index in [4.69, 9.17) is 4.74 Å². The lowest BCUT2D eigenvalue weighted by Crippen LogP contribution is -2.48. The van der Waals surface area contributed by atoms with Gasteiger partial charge in [-0.15, -0.1) is 0 Å². The summed E-state index contributed by atoms with van der Waals surface area (Å²) in [6, 6.07) is 5.93. The predicted molar refractivity (Wildman–Crippen MR) is 99.5 cm³/mol. The fourth-order valence-corrected chi connectivity index (χ4v) is 3.70. The second-order valence-electron chi connectivity index (χ2n) is 7.25. The zero-order chi connectivity index (χ0) is 19.2. The summed E-state index contributed by atoms with van der Waals surface area (Å²) in [6.07, 6.45) is 4.29. The number of carboxylic acids is 1. The first-order valence-corrected chi connectivity index (χ1v) is 9.56. The lowest BCUT2D eigenvalue weighted by molar-refractivity contribution is -0.143. The molecule has 146 valence electrons. The van der Waals surface area contributed by atoms with Crippen LogP contribution in [-0.2, 0) is 14.3 Å². The third-order valence-corrected chi connectivity index (χ3v) is 5.25. The molecule has 2 heterocycles. The van der Waals surface area contributed by atoms with E-state index >= 15 is 0 Å². The Morgan fingerprint density at radius 3 is 2.81 bits per heavy atom. The van der Waals surface area contributed by atoms with Gasteiger partial charge in [0.25, 0.3) is 5.91 Å². The van der Waals surface area contributed by atoms with Gasteiger partial charge >= 0.3 is 5.97 Å². The van der Waals surface area contributed by atoms with E-state index in [1.54, 1.807) is 24.3 Å². The number of nitrogens with zero attached hydrogens (tertiary/aromatic N) is 1. The molecule has 2 N–H and O–H groups in total. The molecule has 7 nitrogen and oxygen atoms in total. The van der Waals surface area contributed by atoms with Crippen molar-refractivity contribution in [1.29, 1.82) is 0 Å². The molecule has 2 saturated heterocycles. The quantitative estimate of drug-likeness (QED) is 0.798. The monoisotopic (exact) mass is 374 g/mol. The molecule has 0 spiro atoms. The Balaban J connectivity index is 1.61. The highest BCUT2D eigenvalue weighted by atomic mass is 16.5. The Labute approximate surface area is 158 Å². The number of nitrogens with one attached hydrogen (secondary N) is 1. The first-order valence-electron chi connectivity index (χ1n) is 9.56. The number of piperidine rings is 1. The van der Waals surface area contributed by atoms with Crippen LogP contribution in [0.3, 0.4) is 0 Å². The van der Waals surface area contributed by atoms with Crippen LogP contribution in [0, 0.1) is 5.92 Å². The van der Waals surface area contributed by atoms with E-state index in [0.717, 1.165) is 38.9 Å². The molecule has 1 aromatic carbocycles. The molecule has 2 unspecified atom stereocenters. The predicted octanol–water partition coefficient (Wildman–Crippen LogP) is 2.52. The van der Waals surface area contributed by atoms with Crippen molar-refractivity contribution in [1.82, 2.24) is 4.90 Å². The molecule has 1 aromatic rings. The molecule has 0 bridgehead atoms. The van der Waals surface area contributed by atoms with Gasteiger partial charge < -0.3 is 20.1 Å². The van der Waals surface area contributed by atoms with Crippen molar-refractivity contribution in [3.05, 3.63) is 29.8 Å². The van der Waals surface area contributed by atoms with Crippen LogP contribution in [0.25, 0.3) is 0 Å². The summed E-state index contributed by atoms with van der Waals surface area (Å²) < 4.78 is 5.32. The number of ether oxygens (including phenoxy) is 1. The van der Waals surface area contributed by atoms with E-state index in [-0.39, 0.29) is 11.8 Å². The maximum absolute atomic E-state index is 12.8. The summed E-state index contributed by atoms with van der Waals surface area (Å²) >= 11 is 0. The first-order chi connectivity index (χ1) is 13.0. The Kier molecular flexibility index (Phi) is 6.45. The molecular formula is C20H26N2O5. The normalized spacial score (nSPS) is 22.4. The highest BCUT2D eigenvalue weighted by Crippen LogP contribution is 2.22. The van der Waals surface area contributed by atoms with Gasteiger partial charge in [-0.05, 0) is 56.2 Å². The zero-order valence-corrected chi connectivity index (χ0v) is 15.4. The summed E-state index contributed by atoms with van der Waals surface area (Å²) in [5, 5.41) is 12.2. The van der Waals surface area contributed by atoms with Crippen LogP contribution in [0.1, 0.15) is 48.9 Å². The number of anilines is 1. The number of carboxylic acid groups (broad SMARTS) is 1. The van der Waals surface area contributed by atoms with E-state index in [2.05, 4.69) is 5.32 Å². The molecule has 2 amide bonds. The van der Waals surface area contributed by atoms with Gasteiger partial charge in [-0.1, -0.05) is 6.07 Å². The highest BCUT2D eigenvalue weighted by Gasteiger charge is 2.32. The van der Waals surface area contributed by atoms with Crippen molar-refractivity contribution in [3.63, 3.8) is 0 Å². The average molecular weight is 374 g/mol. The van der Waals surface area contributed by atoms with E-state index in [1.807, 2.05) is 0 Å². The van der Waals surface area contributed by atoms with E-state index < -0.39 is 12.0 Å². The number of amides is 2. The van der Waals surface area contributed by atoms with Gasteiger partial charge in [0, 0.05) is 37.4 Å². The fraction of sp³-hybridized carbons (Fsp3) is 0.550. The molecule has 27 heavy (non-hydrogen) atoms. The number of aliphatic carboxylic acids is 1. The number of carbonyl (C=O) groups is 3. The van der Waals surface area contributed by atoms with Crippen molar-refractivity contribution >= 4 is 23.5 Å². The van der Waals surface area contributed by atoms with E-state index in [9.17, 15) is 19.5 Å². The molecule has 0 radical (unpaired) electrons. The minimum absolute atomic E-state index is 0.0899.